The van der Waals surface area contributed by atoms with Crippen LogP contribution in [0.1, 0.15) is 30.9 Å². The average molecular weight is 368 g/mol. The Balaban J connectivity index is 1.64. The van der Waals surface area contributed by atoms with Crippen molar-refractivity contribution in [3.8, 4) is 11.5 Å². The molecule has 1 saturated heterocycles. The fraction of sp³-hybridized carbons (Fsp3) is 0.588. The van der Waals surface area contributed by atoms with Gasteiger partial charge in [0.05, 0.1) is 11.5 Å². The molecule has 0 bridgehead atoms. The topological polar surface area (TPSA) is 98.9 Å². The predicted molar refractivity (Wildman–Crippen MR) is 93.4 cm³/mol. The second kappa shape index (κ2) is 7.61. The molecule has 0 saturated carbocycles. The van der Waals surface area contributed by atoms with Crippen LogP contribution < -0.4 is 15.2 Å². The summed E-state index contributed by atoms with van der Waals surface area (Å²) < 4.78 is 35.3. The Morgan fingerprint density at radius 2 is 1.96 bits per heavy atom. The highest BCUT2D eigenvalue weighted by molar-refractivity contribution is 7.91. The summed E-state index contributed by atoms with van der Waals surface area (Å²) in [6.07, 6.45) is 1.90. The summed E-state index contributed by atoms with van der Waals surface area (Å²) in [4.78, 5) is 13.0. The van der Waals surface area contributed by atoms with Crippen LogP contribution in [-0.2, 0) is 14.6 Å². The predicted octanol–water partition coefficient (Wildman–Crippen LogP) is 0.885. The Labute approximate surface area is 148 Å². The maximum absolute atomic E-state index is 12.1. The number of sulfone groups is 1. The monoisotopic (exact) mass is 368 g/mol. The minimum Gasteiger partial charge on any atom is -0.486 e. The van der Waals surface area contributed by atoms with Crippen molar-refractivity contribution in [1.29, 1.82) is 0 Å². The number of nitrogens with two attached hydrogens (primary N) is 1. The maximum atomic E-state index is 12.1. The second-order valence-electron chi connectivity index (χ2n) is 6.47. The van der Waals surface area contributed by atoms with Gasteiger partial charge in [0.2, 0.25) is 5.91 Å². The van der Waals surface area contributed by atoms with Crippen LogP contribution in [0.5, 0.6) is 11.5 Å². The van der Waals surface area contributed by atoms with E-state index in [-0.39, 0.29) is 24.0 Å². The molecule has 2 N–H and O–H groups in total. The maximum Gasteiger partial charge on any atom is 0.218 e. The fourth-order valence-corrected chi connectivity index (χ4v) is 4.58. The normalized spacial score (nSPS) is 20.6. The zero-order chi connectivity index (χ0) is 17.9. The SMILES string of the molecule is NC(=O)CCS(=O)(=O)CCN1CCC[C@H]1c1ccc2c(c1)OCCO2. The molecule has 3 rings (SSSR count). The van der Waals surface area contributed by atoms with E-state index in [4.69, 9.17) is 15.2 Å². The molecule has 1 amide bonds. The Kier molecular flexibility index (Phi) is 5.48. The molecule has 2 aliphatic heterocycles. The molecule has 138 valence electrons. The molecule has 8 heteroatoms. The molecule has 25 heavy (non-hydrogen) atoms. The number of hydrogen-bond acceptors (Lipinski definition) is 6. The van der Waals surface area contributed by atoms with Crippen LogP contribution in [0.4, 0.5) is 0 Å². The van der Waals surface area contributed by atoms with E-state index >= 15 is 0 Å². The smallest absolute Gasteiger partial charge is 0.218 e. The molecule has 2 heterocycles. The van der Waals surface area contributed by atoms with Crippen LogP contribution in [0.3, 0.4) is 0 Å². The number of likely N-dealkylation sites (tertiary alicyclic amines) is 1. The van der Waals surface area contributed by atoms with Gasteiger partial charge in [-0.1, -0.05) is 6.07 Å². The van der Waals surface area contributed by atoms with Crippen molar-refractivity contribution in [2.24, 2.45) is 5.73 Å². The van der Waals surface area contributed by atoms with Crippen LogP contribution in [0.25, 0.3) is 0 Å². The Morgan fingerprint density at radius 1 is 1.20 bits per heavy atom. The molecule has 1 aromatic carbocycles. The summed E-state index contributed by atoms with van der Waals surface area (Å²) in [6.45, 7) is 2.43. The van der Waals surface area contributed by atoms with Crippen LogP contribution in [0.15, 0.2) is 18.2 Å². The summed E-state index contributed by atoms with van der Waals surface area (Å²) in [6, 6.07) is 6.13. The summed E-state index contributed by atoms with van der Waals surface area (Å²) in [5.74, 6) is 0.795. The minimum absolute atomic E-state index is 0.0430. The second-order valence-corrected chi connectivity index (χ2v) is 8.77. The number of amides is 1. The Hall–Kier alpha value is -1.80. The third-order valence-corrected chi connectivity index (χ3v) is 6.29. The number of nitrogens with zero attached hydrogens (tertiary/aromatic N) is 1. The zero-order valence-corrected chi connectivity index (χ0v) is 15.0. The van der Waals surface area contributed by atoms with E-state index < -0.39 is 15.7 Å². The summed E-state index contributed by atoms with van der Waals surface area (Å²) in [5.41, 5.74) is 6.16. The fourth-order valence-electron chi connectivity index (χ4n) is 3.35. The van der Waals surface area contributed by atoms with Crippen molar-refractivity contribution in [3.63, 3.8) is 0 Å². The minimum atomic E-state index is -3.27. The average Bonchev–Trinajstić information content (AvgIpc) is 3.07. The van der Waals surface area contributed by atoms with E-state index in [1.165, 1.54) is 0 Å². The van der Waals surface area contributed by atoms with Gasteiger partial charge in [-0.05, 0) is 37.1 Å². The van der Waals surface area contributed by atoms with E-state index in [9.17, 15) is 13.2 Å². The Morgan fingerprint density at radius 3 is 2.72 bits per heavy atom. The molecular weight excluding hydrogens is 344 g/mol. The third-order valence-electron chi connectivity index (χ3n) is 4.66. The van der Waals surface area contributed by atoms with E-state index in [1.54, 1.807) is 0 Å². The number of carbonyl (C=O) groups is 1. The van der Waals surface area contributed by atoms with Gasteiger partial charge in [0.1, 0.15) is 13.2 Å². The molecular formula is C17H24N2O5S. The molecule has 1 atom stereocenters. The summed E-state index contributed by atoms with van der Waals surface area (Å²) in [7, 11) is -3.27. The number of ether oxygens (including phenoxy) is 2. The van der Waals surface area contributed by atoms with Crippen molar-refractivity contribution >= 4 is 15.7 Å². The number of benzene rings is 1. The van der Waals surface area contributed by atoms with Gasteiger partial charge in [0, 0.05) is 19.0 Å². The number of fused-ring (bicyclic) bond motifs is 1. The molecule has 1 aromatic rings. The first-order valence-corrected chi connectivity index (χ1v) is 10.4. The Bertz CT molecular complexity index is 735. The quantitative estimate of drug-likeness (QED) is 0.767. The molecule has 0 spiro atoms. The van der Waals surface area contributed by atoms with Gasteiger partial charge in [-0.2, -0.15) is 0 Å². The number of carbonyl (C=O) groups excluding carboxylic acids is 1. The third kappa shape index (κ3) is 4.64. The number of primary amides is 1. The highest BCUT2D eigenvalue weighted by Crippen LogP contribution is 2.37. The molecule has 0 radical (unpaired) electrons. The van der Waals surface area contributed by atoms with Gasteiger partial charge < -0.3 is 15.2 Å². The lowest BCUT2D eigenvalue weighted by molar-refractivity contribution is -0.117. The molecule has 0 aromatic heterocycles. The molecule has 0 aliphatic carbocycles. The largest absolute Gasteiger partial charge is 0.486 e. The lowest BCUT2D eigenvalue weighted by atomic mass is 10.0. The first kappa shape index (κ1) is 18.0. The van der Waals surface area contributed by atoms with E-state index in [0.29, 0.717) is 19.8 Å². The van der Waals surface area contributed by atoms with Crippen LogP contribution >= 0.6 is 0 Å². The highest BCUT2D eigenvalue weighted by atomic mass is 32.2. The number of rotatable bonds is 7. The van der Waals surface area contributed by atoms with Gasteiger partial charge in [0.25, 0.3) is 0 Å². The van der Waals surface area contributed by atoms with Crippen molar-refractivity contribution in [3.05, 3.63) is 23.8 Å². The highest BCUT2D eigenvalue weighted by Gasteiger charge is 2.28. The lowest BCUT2D eigenvalue weighted by Gasteiger charge is -2.26. The van der Waals surface area contributed by atoms with Gasteiger partial charge in [-0.3, -0.25) is 9.69 Å². The van der Waals surface area contributed by atoms with Crippen molar-refractivity contribution in [1.82, 2.24) is 4.90 Å². The van der Waals surface area contributed by atoms with Gasteiger partial charge in [-0.25, -0.2) is 8.42 Å². The first-order chi connectivity index (χ1) is 11.9. The van der Waals surface area contributed by atoms with E-state index in [1.807, 2.05) is 18.2 Å². The molecule has 2 aliphatic rings. The van der Waals surface area contributed by atoms with Crippen LogP contribution in [-0.4, -0.2) is 57.0 Å². The van der Waals surface area contributed by atoms with Crippen LogP contribution in [0.2, 0.25) is 0 Å². The summed E-state index contributed by atoms with van der Waals surface area (Å²) in [5, 5.41) is 0. The van der Waals surface area contributed by atoms with Crippen LogP contribution in [0, 0.1) is 0 Å². The lowest BCUT2D eigenvalue weighted by Crippen LogP contribution is -2.30. The van der Waals surface area contributed by atoms with Gasteiger partial charge in [-0.15, -0.1) is 0 Å². The summed E-state index contributed by atoms with van der Waals surface area (Å²) >= 11 is 0. The zero-order valence-electron chi connectivity index (χ0n) is 14.1. The molecule has 7 nitrogen and oxygen atoms in total. The number of hydrogen-bond donors (Lipinski definition) is 1. The van der Waals surface area contributed by atoms with Crippen molar-refractivity contribution in [2.45, 2.75) is 25.3 Å². The molecule has 1 fully saturated rings. The standard InChI is InChI=1S/C17H24N2O5S/c18-17(20)5-10-25(21,22)11-7-19-6-1-2-14(19)13-3-4-15-16(12-13)24-9-8-23-15/h3-4,12,14H,1-2,5-11H2,(H2,18,20)/t14-/m0/s1. The van der Waals surface area contributed by atoms with E-state index in [0.717, 1.165) is 36.4 Å². The molecule has 0 unspecified atom stereocenters. The van der Waals surface area contributed by atoms with E-state index in [2.05, 4.69) is 4.90 Å². The van der Waals surface area contributed by atoms with Crippen molar-refractivity contribution in [2.75, 3.05) is 37.8 Å². The van der Waals surface area contributed by atoms with Gasteiger partial charge >= 0.3 is 0 Å². The first-order valence-electron chi connectivity index (χ1n) is 8.57. The van der Waals surface area contributed by atoms with Gasteiger partial charge in [0.15, 0.2) is 21.3 Å². The van der Waals surface area contributed by atoms with Crippen molar-refractivity contribution < 1.29 is 22.7 Å².